The summed E-state index contributed by atoms with van der Waals surface area (Å²) in [6.07, 6.45) is 1.67. The summed E-state index contributed by atoms with van der Waals surface area (Å²) in [5.41, 5.74) is 2.99. The predicted octanol–water partition coefficient (Wildman–Crippen LogP) is 2.72. The van der Waals surface area contributed by atoms with Gasteiger partial charge >= 0.3 is 0 Å². The van der Waals surface area contributed by atoms with E-state index in [1.807, 2.05) is 58.9 Å². The topological polar surface area (TPSA) is 74.5 Å². The van der Waals surface area contributed by atoms with Crippen molar-refractivity contribution in [2.75, 3.05) is 36.8 Å². The number of aromatic nitrogens is 3. The second-order valence-electron chi connectivity index (χ2n) is 6.96. The molecule has 8 heteroatoms. The van der Waals surface area contributed by atoms with E-state index < -0.39 is 0 Å². The Morgan fingerprint density at radius 3 is 2.52 bits per heavy atom. The summed E-state index contributed by atoms with van der Waals surface area (Å²) in [6.45, 7) is 4.72. The molecule has 1 fully saturated rings. The molecule has 0 aliphatic carbocycles. The number of para-hydroxylation sites is 2. The standard InChI is InChI=1S/C21H23N5O2S/c1-16-6-8-17(9-7-16)26-15-22-23-21(26)29-14-20(28)25-12-10-24(11-13-25)18-4-2-3-5-19(18)27/h2-9,15,27H,10-14H2,1H3. The number of amides is 1. The van der Waals surface area contributed by atoms with E-state index in [-0.39, 0.29) is 11.7 Å². The lowest BCUT2D eigenvalue weighted by atomic mass is 10.2. The smallest absolute Gasteiger partial charge is 0.233 e. The minimum atomic E-state index is 0.0883. The first-order chi connectivity index (χ1) is 14.1. The molecule has 0 spiro atoms. The van der Waals surface area contributed by atoms with E-state index in [1.165, 1.54) is 17.3 Å². The van der Waals surface area contributed by atoms with Gasteiger partial charge < -0.3 is 14.9 Å². The average molecular weight is 410 g/mol. The third kappa shape index (κ3) is 4.37. The van der Waals surface area contributed by atoms with Crippen molar-refractivity contribution in [2.45, 2.75) is 12.1 Å². The molecule has 1 amide bonds. The highest BCUT2D eigenvalue weighted by Crippen LogP contribution is 2.27. The Hall–Kier alpha value is -3.00. The Labute approximate surface area is 174 Å². The number of anilines is 1. The van der Waals surface area contributed by atoms with Crippen molar-refractivity contribution < 1.29 is 9.90 Å². The molecular weight excluding hydrogens is 386 g/mol. The molecule has 3 aromatic rings. The molecule has 1 aromatic heterocycles. The second-order valence-corrected chi connectivity index (χ2v) is 7.91. The van der Waals surface area contributed by atoms with E-state index in [4.69, 9.17) is 0 Å². The number of thioether (sulfide) groups is 1. The Bertz CT molecular complexity index is 981. The average Bonchev–Trinajstić information content (AvgIpc) is 3.22. The summed E-state index contributed by atoms with van der Waals surface area (Å²) in [5.74, 6) is 0.685. The van der Waals surface area contributed by atoms with Gasteiger partial charge in [0.2, 0.25) is 5.91 Å². The summed E-state index contributed by atoms with van der Waals surface area (Å²) in [6, 6.07) is 15.4. The van der Waals surface area contributed by atoms with Crippen LogP contribution in [-0.2, 0) is 4.79 Å². The Kier molecular flexibility index (Phi) is 5.71. The number of hydrogen-bond acceptors (Lipinski definition) is 6. The summed E-state index contributed by atoms with van der Waals surface area (Å²) < 4.78 is 1.90. The van der Waals surface area contributed by atoms with Gasteiger partial charge in [-0.1, -0.05) is 41.6 Å². The number of aromatic hydroxyl groups is 1. The number of phenols is 1. The highest BCUT2D eigenvalue weighted by atomic mass is 32.2. The number of carbonyl (C=O) groups excluding carboxylic acids is 1. The molecule has 2 heterocycles. The van der Waals surface area contributed by atoms with Gasteiger partial charge in [0.1, 0.15) is 12.1 Å². The van der Waals surface area contributed by atoms with Crippen LogP contribution in [0.5, 0.6) is 5.75 Å². The Balaban J connectivity index is 1.33. The van der Waals surface area contributed by atoms with Crippen molar-refractivity contribution in [3.63, 3.8) is 0 Å². The fraction of sp³-hybridized carbons (Fsp3) is 0.286. The molecule has 0 radical (unpaired) electrons. The molecule has 1 saturated heterocycles. The molecule has 0 unspecified atom stereocenters. The Morgan fingerprint density at radius 1 is 1.07 bits per heavy atom. The van der Waals surface area contributed by atoms with E-state index in [0.29, 0.717) is 37.1 Å². The van der Waals surface area contributed by atoms with Gasteiger partial charge in [0, 0.05) is 31.9 Å². The van der Waals surface area contributed by atoms with Crippen LogP contribution in [0.4, 0.5) is 5.69 Å². The SMILES string of the molecule is Cc1ccc(-n2cnnc2SCC(=O)N2CCN(c3ccccc3O)CC2)cc1. The molecule has 7 nitrogen and oxygen atoms in total. The summed E-state index contributed by atoms with van der Waals surface area (Å²) >= 11 is 1.40. The number of phenolic OH excluding ortho intramolecular Hbond substituents is 1. The number of benzene rings is 2. The lowest BCUT2D eigenvalue weighted by Gasteiger charge is -2.36. The fourth-order valence-electron chi connectivity index (χ4n) is 3.35. The van der Waals surface area contributed by atoms with Gasteiger partial charge in [-0.25, -0.2) is 0 Å². The molecule has 150 valence electrons. The van der Waals surface area contributed by atoms with E-state index in [9.17, 15) is 9.90 Å². The molecule has 29 heavy (non-hydrogen) atoms. The lowest BCUT2D eigenvalue weighted by Crippen LogP contribution is -2.49. The number of rotatable bonds is 5. The molecule has 0 saturated carbocycles. The third-order valence-corrected chi connectivity index (χ3v) is 5.94. The van der Waals surface area contributed by atoms with E-state index >= 15 is 0 Å². The first kappa shape index (κ1) is 19.3. The van der Waals surface area contributed by atoms with E-state index in [2.05, 4.69) is 15.1 Å². The molecule has 0 atom stereocenters. The van der Waals surface area contributed by atoms with Crippen LogP contribution in [0.1, 0.15) is 5.56 Å². The summed E-state index contributed by atoms with van der Waals surface area (Å²) in [7, 11) is 0. The molecule has 0 bridgehead atoms. The maximum absolute atomic E-state index is 12.7. The van der Waals surface area contributed by atoms with Crippen molar-refractivity contribution in [1.29, 1.82) is 0 Å². The van der Waals surface area contributed by atoms with Crippen molar-refractivity contribution >= 4 is 23.4 Å². The second kappa shape index (κ2) is 8.57. The van der Waals surface area contributed by atoms with Crippen molar-refractivity contribution in [2.24, 2.45) is 0 Å². The van der Waals surface area contributed by atoms with Crippen LogP contribution in [0.3, 0.4) is 0 Å². The maximum atomic E-state index is 12.7. The zero-order valence-electron chi connectivity index (χ0n) is 16.2. The van der Waals surface area contributed by atoms with Gasteiger partial charge in [-0.2, -0.15) is 0 Å². The van der Waals surface area contributed by atoms with Crippen molar-refractivity contribution in [3.05, 3.63) is 60.4 Å². The maximum Gasteiger partial charge on any atom is 0.233 e. The molecule has 1 aliphatic heterocycles. The van der Waals surface area contributed by atoms with Gasteiger partial charge in [-0.15, -0.1) is 10.2 Å². The summed E-state index contributed by atoms with van der Waals surface area (Å²) in [5, 5.41) is 18.9. The minimum absolute atomic E-state index is 0.0883. The number of hydrogen-bond donors (Lipinski definition) is 1. The van der Waals surface area contributed by atoms with Gasteiger partial charge in [0.25, 0.3) is 0 Å². The number of carbonyl (C=O) groups is 1. The molecule has 4 rings (SSSR count). The third-order valence-electron chi connectivity index (χ3n) is 5.01. The predicted molar refractivity (Wildman–Crippen MR) is 114 cm³/mol. The lowest BCUT2D eigenvalue weighted by molar-refractivity contribution is -0.128. The largest absolute Gasteiger partial charge is 0.506 e. The van der Waals surface area contributed by atoms with Crippen LogP contribution in [0.2, 0.25) is 0 Å². The summed E-state index contributed by atoms with van der Waals surface area (Å²) in [4.78, 5) is 16.7. The quantitative estimate of drug-likeness (QED) is 0.653. The van der Waals surface area contributed by atoms with Crippen molar-refractivity contribution in [3.8, 4) is 11.4 Å². The fourth-order valence-corrected chi connectivity index (χ4v) is 4.18. The van der Waals surface area contributed by atoms with Crippen LogP contribution in [0.15, 0.2) is 60.0 Å². The van der Waals surface area contributed by atoms with Crippen molar-refractivity contribution in [1.82, 2.24) is 19.7 Å². The van der Waals surface area contributed by atoms with E-state index in [1.54, 1.807) is 12.4 Å². The molecule has 2 aromatic carbocycles. The zero-order valence-corrected chi connectivity index (χ0v) is 17.0. The van der Waals surface area contributed by atoms with Crippen LogP contribution in [0, 0.1) is 6.92 Å². The molecule has 1 N–H and O–H groups in total. The van der Waals surface area contributed by atoms with Crippen LogP contribution < -0.4 is 4.90 Å². The first-order valence-electron chi connectivity index (χ1n) is 9.52. The Morgan fingerprint density at radius 2 is 1.79 bits per heavy atom. The van der Waals surface area contributed by atoms with Crippen LogP contribution in [0.25, 0.3) is 5.69 Å². The van der Waals surface area contributed by atoms with Gasteiger partial charge in [0.05, 0.1) is 11.4 Å². The highest BCUT2D eigenvalue weighted by Gasteiger charge is 2.23. The normalized spacial score (nSPS) is 14.2. The van der Waals surface area contributed by atoms with Gasteiger partial charge in [-0.3, -0.25) is 9.36 Å². The highest BCUT2D eigenvalue weighted by molar-refractivity contribution is 7.99. The number of nitrogens with zero attached hydrogens (tertiary/aromatic N) is 5. The van der Waals surface area contributed by atoms with Gasteiger partial charge in [-0.05, 0) is 31.2 Å². The van der Waals surface area contributed by atoms with Crippen LogP contribution >= 0.6 is 11.8 Å². The number of piperazine rings is 1. The number of aryl methyl sites for hydroxylation is 1. The minimum Gasteiger partial charge on any atom is -0.506 e. The first-order valence-corrected chi connectivity index (χ1v) is 10.5. The molecule has 1 aliphatic rings. The molecular formula is C21H23N5O2S. The van der Waals surface area contributed by atoms with E-state index in [0.717, 1.165) is 11.4 Å². The van der Waals surface area contributed by atoms with Gasteiger partial charge in [0.15, 0.2) is 5.16 Å². The van der Waals surface area contributed by atoms with Crippen LogP contribution in [-0.4, -0.2) is 62.6 Å². The zero-order chi connectivity index (χ0) is 20.2. The monoisotopic (exact) mass is 409 g/mol.